The van der Waals surface area contributed by atoms with E-state index in [1.807, 2.05) is 24.3 Å². The summed E-state index contributed by atoms with van der Waals surface area (Å²) >= 11 is 0. The van der Waals surface area contributed by atoms with Gasteiger partial charge in [0.05, 0.1) is 0 Å². The Morgan fingerprint density at radius 1 is 0.475 bits per heavy atom. The van der Waals surface area contributed by atoms with Gasteiger partial charge in [0, 0.05) is 17.3 Å². The normalized spacial score (nSPS) is 10.8. The molecule has 0 bridgehead atoms. The zero-order chi connectivity index (χ0) is 42.9. The summed E-state index contributed by atoms with van der Waals surface area (Å²) in [6.45, 7) is 14.0. The van der Waals surface area contributed by atoms with Crippen LogP contribution in [0, 0.1) is 26.2 Å². The average molecular weight is 795 g/mol. The molecule has 3 nitrogen and oxygen atoms in total. The third-order valence-corrected chi connectivity index (χ3v) is 11.3. The molecule has 9 aromatic carbocycles. The standard InChI is InChI=1S/C33H23NO.C17H20.C7H8.CH3N/c34-20-21-8-10-23(11-9-21)29-6-3-7-32-33(29)30-19-25(15-17-31(30)35-32)24-14-16-28-26(18-24)13-12-22-4-1-2-5-27(22)28;1-12(2)15-10-9-13(3)11-17(15)16-8-6-5-7-14(16)4;1-7-5-3-2-4-6-7;1-2/h1-19H,20,34H2;5-12H,1-4H3;2-6H,1H3;2H,1H2. The highest BCUT2D eigenvalue weighted by molar-refractivity contribution is 6.14. The van der Waals surface area contributed by atoms with Gasteiger partial charge in [-0.25, -0.2) is 0 Å². The number of nitrogens with one attached hydrogen (secondary N) is 1. The monoisotopic (exact) mass is 794 g/mol. The lowest BCUT2D eigenvalue weighted by molar-refractivity contribution is 0.669. The van der Waals surface area contributed by atoms with Gasteiger partial charge in [0.15, 0.2) is 0 Å². The van der Waals surface area contributed by atoms with E-state index in [0.717, 1.165) is 27.5 Å². The average Bonchev–Trinajstić information content (AvgIpc) is 3.68. The van der Waals surface area contributed by atoms with Crippen LogP contribution in [0.3, 0.4) is 0 Å². The maximum Gasteiger partial charge on any atom is 0.136 e. The van der Waals surface area contributed by atoms with E-state index in [1.165, 1.54) is 77.2 Å². The lowest BCUT2D eigenvalue weighted by atomic mass is 9.89. The highest BCUT2D eigenvalue weighted by Crippen LogP contribution is 2.39. The Kier molecular flexibility index (Phi) is 13.3. The molecule has 0 amide bonds. The zero-order valence-electron chi connectivity index (χ0n) is 35.9. The molecule has 1 heterocycles. The fraction of sp³-hybridized carbons (Fsp3) is 0.121. The molecule has 0 radical (unpaired) electrons. The van der Waals surface area contributed by atoms with Gasteiger partial charge in [-0.2, -0.15) is 0 Å². The molecule has 0 fully saturated rings. The number of hydrogen-bond donors (Lipinski definition) is 2. The molecule has 302 valence electrons. The van der Waals surface area contributed by atoms with Gasteiger partial charge in [0.1, 0.15) is 11.2 Å². The minimum Gasteiger partial charge on any atom is -0.456 e. The van der Waals surface area contributed by atoms with Crippen molar-refractivity contribution >= 4 is 50.2 Å². The largest absolute Gasteiger partial charge is 0.456 e. The predicted molar refractivity (Wildman–Crippen MR) is 264 cm³/mol. The number of aryl methyl sites for hydroxylation is 3. The summed E-state index contributed by atoms with van der Waals surface area (Å²) in [5.41, 5.74) is 21.6. The van der Waals surface area contributed by atoms with Crippen LogP contribution in [0.5, 0.6) is 0 Å². The molecule has 0 aliphatic rings. The SMILES string of the molecule is C=N.Cc1ccc(C(C)C)c(-c2ccccc2C)c1.Cc1ccccc1.NCc1ccc(-c2cccc3oc4ccc(-c5ccc6c(ccc7ccccc76)c5)cc4c23)cc1. The second-order valence-corrected chi connectivity index (χ2v) is 15.8. The molecule has 0 unspecified atom stereocenters. The van der Waals surface area contributed by atoms with E-state index in [1.54, 1.807) is 0 Å². The van der Waals surface area contributed by atoms with Crippen molar-refractivity contribution in [3.05, 3.63) is 216 Å². The summed E-state index contributed by atoms with van der Waals surface area (Å²) in [6, 6.07) is 66.7. The van der Waals surface area contributed by atoms with Crippen LogP contribution >= 0.6 is 0 Å². The number of benzene rings is 9. The maximum atomic E-state index is 6.25. The van der Waals surface area contributed by atoms with Crippen molar-refractivity contribution in [2.45, 2.75) is 47.1 Å². The molecule has 10 rings (SSSR count). The highest BCUT2D eigenvalue weighted by Gasteiger charge is 2.14. The van der Waals surface area contributed by atoms with Gasteiger partial charge in [0.2, 0.25) is 0 Å². The molecule has 0 atom stereocenters. The number of nitrogens with two attached hydrogens (primary N) is 1. The minimum atomic E-state index is 0.546. The fourth-order valence-electron chi connectivity index (χ4n) is 8.08. The molecule has 0 aliphatic heterocycles. The molecule has 0 saturated heterocycles. The Balaban J connectivity index is 0.000000179. The molecule has 1 aromatic heterocycles. The molecule has 0 saturated carbocycles. The Hall–Kier alpha value is -7.07. The second kappa shape index (κ2) is 19.3. The summed E-state index contributed by atoms with van der Waals surface area (Å²) in [5.74, 6) is 0.560. The van der Waals surface area contributed by atoms with Crippen LogP contribution in [0.2, 0.25) is 0 Å². The van der Waals surface area contributed by atoms with E-state index in [4.69, 9.17) is 15.6 Å². The van der Waals surface area contributed by atoms with Crippen molar-refractivity contribution in [1.82, 2.24) is 0 Å². The second-order valence-electron chi connectivity index (χ2n) is 15.8. The molecule has 0 aliphatic carbocycles. The zero-order valence-corrected chi connectivity index (χ0v) is 35.9. The first-order valence-electron chi connectivity index (χ1n) is 21.0. The first-order chi connectivity index (χ1) is 29.8. The van der Waals surface area contributed by atoms with Crippen molar-refractivity contribution in [3.63, 3.8) is 0 Å². The van der Waals surface area contributed by atoms with Crippen molar-refractivity contribution < 1.29 is 4.42 Å². The first-order valence-corrected chi connectivity index (χ1v) is 21.0. The lowest BCUT2D eigenvalue weighted by Crippen LogP contribution is -1.95. The molecule has 3 heteroatoms. The van der Waals surface area contributed by atoms with Crippen LogP contribution in [-0.2, 0) is 6.54 Å². The molecular weight excluding hydrogens is 741 g/mol. The molecule has 61 heavy (non-hydrogen) atoms. The van der Waals surface area contributed by atoms with Crippen LogP contribution < -0.4 is 5.73 Å². The van der Waals surface area contributed by atoms with Gasteiger partial charge < -0.3 is 15.6 Å². The Morgan fingerprint density at radius 2 is 1.11 bits per heavy atom. The Bertz CT molecular complexity index is 3050. The van der Waals surface area contributed by atoms with Gasteiger partial charge in [-0.15, -0.1) is 0 Å². The van der Waals surface area contributed by atoms with Crippen molar-refractivity contribution in [1.29, 1.82) is 5.41 Å². The Morgan fingerprint density at radius 3 is 1.84 bits per heavy atom. The molecule has 0 spiro atoms. The number of hydrogen-bond acceptors (Lipinski definition) is 3. The lowest BCUT2D eigenvalue weighted by Gasteiger charge is -2.15. The minimum absolute atomic E-state index is 0.546. The van der Waals surface area contributed by atoms with Gasteiger partial charge in [-0.1, -0.05) is 189 Å². The summed E-state index contributed by atoms with van der Waals surface area (Å²) in [6.07, 6.45) is 0. The first kappa shape index (κ1) is 42.1. The highest BCUT2D eigenvalue weighted by atomic mass is 16.3. The summed E-state index contributed by atoms with van der Waals surface area (Å²) in [4.78, 5) is 0. The Labute approximate surface area is 360 Å². The summed E-state index contributed by atoms with van der Waals surface area (Å²) in [5, 5.41) is 12.9. The van der Waals surface area contributed by atoms with Crippen LogP contribution in [0.4, 0.5) is 0 Å². The van der Waals surface area contributed by atoms with E-state index in [9.17, 15) is 0 Å². The van der Waals surface area contributed by atoms with E-state index in [-0.39, 0.29) is 0 Å². The predicted octanol–water partition coefficient (Wildman–Crippen LogP) is 16.0. The fourth-order valence-corrected chi connectivity index (χ4v) is 8.08. The van der Waals surface area contributed by atoms with Gasteiger partial charge in [-0.3, -0.25) is 0 Å². The van der Waals surface area contributed by atoms with Gasteiger partial charge in [-0.05, 0) is 129 Å². The van der Waals surface area contributed by atoms with Crippen LogP contribution in [-0.4, -0.2) is 6.72 Å². The third-order valence-electron chi connectivity index (χ3n) is 11.3. The summed E-state index contributed by atoms with van der Waals surface area (Å²) < 4.78 is 6.25. The number of fused-ring (bicyclic) bond motifs is 6. The quantitative estimate of drug-likeness (QED) is 0.135. The van der Waals surface area contributed by atoms with Crippen LogP contribution in [0.1, 0.15) is 47.6 Å². The van der Waals surface area contributed by atoms with E-state index >= 15 is 0 Å². The molecule has 10 aromatic rings. The third kappa shape index (κ3) is 9.39. The molecular formula is C58H54N2O. The smallest absolute Gasteiger partial charge is 0.136 e. The van der Waals surface area contributed by atoms with Crippen molar-refractivity contribution in [3.8, 4) is 33.4 Å². The van der Waals surface area contributed by atoms with Crippen LogP contribution in [0.15, 0.2) is 192 Å². The van der Waals surface area contributed by atoms with Gasteiger partial charge >= 0.3 is 0 Å². The maximum absolute atomic E-state index is 6.25. The van der Waals surface area contributed by atoms with E-state index in [0.29, 0.717) is 12.5 Å². The topological polar surface area (TPSA) is 63.0 Å². The summed E-state index contributed by atoms with van der Waals surface area (Å²) in [7, 11) is 0. The number of furan rings is 1. The van der Waals surface area contributed by atoms with Gasteiger partial charge in [0.25, 0.3) is 0 Å². The van der Waals surface area contributed by atoms with E-state index < -0.39 is 0 Å². The van der Waals surface area contributed by atoms with Crippen molar-refractivity contribution in [2.75, 3.05) is 0 Å². The number of rotatable bonds is 5. The van der Waals surface area contributed by atoms with Crippen LogP contribution in [0.25, 0.3) is 76.9 Å². The molecule has 3 N–H and O–H groups in total. The van der Waals surface area contributed by atoms with Crippen molar-refractivity contribution in [2.24, 2.45) is 5.73 Å². The van der Waals surface area contributed by atoms with E-state index in [2.05, 4.69) is 205 Å².